The molecule has 8 nitrogen and oxygen atoms in total. The van der Waals surface area contributed by atoms with Crippen LogP contribution in [0.4, 0.5) is 0 Å². The number of carbonyl (C=O) groups is 2. The number of nitrogens with zero attached hydrogens (tertiary/aromatic N) is 2. The maximum absolute atomic E-state index is 12.2. The zero-order valence-corrected chi connectivity index (χ0v) is 13.4. The minimum Gasteiger partial charge on any atom is -0.480 e. The highest BCUT2D eigenvalue weighted by molar-refractivity contribution is 7.89. The number of sulfonamides is 1. The predicted octanol–water partition coefficient (Wildman–Crippen LogP) is 0.0716. The highest BCUT2D eigenvalue weighted by Gasteiger charge is 2.33. The molecule has 1 amide bonds. The number of nitrogens with one attached hydrogen (secondary N) is 1. The number of pyridine rings is 1. The molecular weight excluding hydrogens is 310 g/mol. The van der Waals surface area contributed by atoms with Gasteiger partial charge in [0.1, 0.15) is 10.4 Å². The lowest BCUT2D eigenvalue weighted by molar-refractivity contribution is -0.147. The van der Waals surface area contributed by atoms with Crippen molar-refractivity contribution in [3.8, 4) is 0 Å². The molecule has 2 N–H and O–H groups in total. The van der Waals surface area contributed by atoms with Crippen LogP contribution in [0.25, 0.3) is 0 Å². The molecule has 0 aliphatic heterocycles. The van der Waals surface area contributed by atoms with Crippen LogP contribution >= 0.6 is 0 Å². The number of amides is 1. The van der Waals surface area contributed by atoms with Crippen molar-refractivity contribution in [1.82, 2.24) is 14.6 Å². The Morgan fingerprint density at radius 1 is 1.45 bits per heavy atom. The van der Waals surface area contributed by atoms with Gasteiger partial charge in [0.15, 0.2) is 0 Å². The van der Waals surface area contributed by atoms with Crippen molar-refractivity contribution >= 4 is 21.9 Å². The third kappa shape index (κ3) is 4.01. The average molecular weight is 329 g/mol. The van der Waals surface area contributed by atoms with Gasteiger partial charge in [-0.25, -0.2) is 13.2 Å². The molecule has 1 unspecified atom stereocenters. The normalized spacial score (nSPS) is 14.4. The number of likely N-dealkylation sites (N-methyl/N-ethyl adjacent to an activating group) is 1. The summed E-state index contributed by atoms with van der Waals surface area (Å²) >= 11 is 0. The highest BCUT2D eigenvalue weighted by atomic mass is 32.2. The first-order chi connectivity index (χ1) is 10.1. The maximum Gasteiger partial charge on any atom is 0.329 e. The van der Waals surface area contributed by atoms with Crippen LogP contribution in [0.1, 0.15) is 20.3 Å². The largest absolute Gasteiger partial charge is 0.480 e. The monoisotopic (exact) mass is 329 g/mol. The first-order valence-corrected chi connectivity index (χ1v) is 7.98. The van der Waals surface area contributed by atoms with E-state index in [1.807, 2.05) is 0 Å². The van der Waals surface area contributed by atoms with Gasteiger partial charge in [0.25, 0.3) is 0 Å². The molecule has 9 heteroatoms. The van der Waals surface area contributed by atoms with Crippen molar-refractivity contribution in [3.05, 3.63) is 24.5 Å². The molecule has 0 saturated heterocycles. The second-order valence-corrected chi connectivity index (χ2v) is 7.03. The SMILES string of the molecule is CCC(C)(NC(=O)CN(C)S(=O)(=O)c1cccnc1)C(=O)O. The molecule has 122 valence electrons. The zero-order valence-electron chi connectivity index (χ0n) is 12.6. The van der Waals surface area contributed by atoms with Gasteiger partial charge in [-0.1, -0.05) is 6.92 Å². The highest BCUT2D eigenvalue weighted by Crippen LogP contribution is 2.13. The standard InChI is InChI=1S/C13H19N3O5S/c1-4-13(2,12(18)19)15-11(17)9-16(3)22(20,21)10-6-5-7-14-8-10/h5-8H,4,9H2,1-3H3,(H,15,17)(H,18,19). The van der Waals surface area contributed by atoms with E-state index in [-0.39, 0.29) is 11.3 Å². The molecule has 0 bridgehead atoms. The third-order valence-corrected chi connectivity index (χ3v) is 5.09. The number of rotatable bonds is 7. The van der Waals surface area contributed by atoms with Crippen LogP contribution in [0, 0.1) is 0 Å². The van der Waals surface area contributed by atoms with Gasteiger partial charge in [-0.2, -0.15) is 4.31 Å². The summed E-state index contributed by atoms with van der Waals surface area (Å²) in [4.78, 5) is 26.7. The summed E-state index contributed by atoms with van der Waals surface area (Å²) in [5.41, 5.74) is -1.43. The Hall–Kier alpha value is -2.00. The predicted molar refractivity (Wildman–Crippen MR) is 78.5 cm³/mol. The molecule has 1 atom stereocenters. The van der Waals surface area contributed by atoms with E-state index in [0.717, 1.165) is 4.31 Å². The number of aliphatic carboxylic acids is 1. The molecule has 0 aliphatic carbocycles. The quantitative estimate of drug-likeness (QED) is 0.731. The Balaban J connectivity index is 2.83. The van der Waals surface area contributed by atoms with Crippen LogP contribution in [0.3, 0.4) is 0 Å². The van der Waals surface area contributed by atoms with E-state index in [2.05, 4.69) is 10.3 Å². The Bertz CT molecular complexity index is 647. The fourth-order valence-electron chi connectivity index (χ4n) is 1.61. The number of aromatic nitrogens is 1. The van der Waals surface area contributed by atoms with Crippen LogP contribution in [0.2, 0.25) is 0 Å². The number of hydrogen-bond acceptors (Lipinski definition) is 5. The van der Waals surface area contributed by atoms with E-state index in [0.29, 0.717) is 0 Å². The molecule has 0 radical (unpaired) electrons. The van der Waals surface area contributed by atoms with Gasteiger partial charge in [-0.05, 0) is 25.5 Å². The van der Waals surface area contributed by atoms with Crippen molar-refractivity contribution < 1.29 is 23.1 Å². The van der Waals surface area contributed by atoms with Crippen molar-refractivity contribution in [2.75, 3.05) is 13.6 Å². The van der Waals surface area contributed by atoms with Crippen molar-refractivity contribution in [3.63, 3.8) is 0 Å². The molecule has 1 rings (SSSR count). The second-order valence-electron chi connectivity index (χ2n) is 4.99. The molecular formula is C13H19N3O5S. The summed E-state index contributed by atoms with van der Waals surface area (Å²) in [5.74, 6) is -1.87. The lowest BCUT2D eigenvalue weighted by Gasteiger charge is -2.26. The molecule has 1 aromatic rings. The summed E-state index contributed by atoms with van der Waals surface area (Å²) in [7, 11) is -2.61. The Morgan fingerprint density at radius 2 is 2.09 bits per heavy atom. The van der Waals surface area contributed by atoms with Crippen LogP contribution in [-0.4, -0.2) is 53.8 Å². The van der Waals surface area contributed by atoms with Gasteiger partial charge < -0.3 is 10.4 Å². The van der Waals surface area contributed by atoms with Gasteiger partial charge in [-0.15, -0.1) is 0 Å². The number of carboxylic acids is 1. The Labute approximate surface area is 129 Å². The number of carboxylic acid groups (broad SMARTS) is 1. The first kappa shape index (κ1) is 18.1. The van der Waals surface area contributed by atoms with Gasteiger partial charge in [0.2, 0.25) is 15.9 Å². The topological polar surface area (TPSA) is 117 Å². The maximum atomic E-state index is 12.2. The second kappa shape index (κ2) is 6.84. The van der Waals surface area contributed by atoms with Crippen LogP contribution in [0.5, 0.6) is 0 Å². The van der Waals surface area contributed by atoms with E-state index in [9.17, 15) is 18.0 Å². The fourth-order valence-corrected chi connectivity index (χ4v) is 2.70. The van der Waals surface area contributed by atoms with Crippen LogP contribution in [0.15, 0.2) is 29.4 Å². The van der Waals surface area contributed by atoms with Crippen LogP contribution < -0.4 is 5.32 Å². The zero-order chi connectivity index (χ0) is 17.0. The number of hydrogen-bond donors (Lipinski definition) is 2. The molecule has 0 aliphatic rings. The summed E-state index contributed by atoms with van der Waals surface area (Å²) in [6.07, 6.45) is 2.79. The Kier molecular flexibility index (Phi) is 5.61. The molecule has 22 heavy (non-hydrogen) atoms. The lowest BCUT2D eigenvalue weighted by Crippen LogP contribution is -2.54. The molecule has 0 spiro atoms. The van der Waals surface area contributed by atoms with Gasteiger partial charge in [-0.3, -0.25) is 9.78 Å². The van der Waals surface area contributed by atoms with E-state index < -0.39 is 34.0 Å². The minimum absolute atomic E-state index is 0.0400. The molecule has 1 heterocycles. The van der Waals surface area contributed by atoms with Crippen molar-refractivity contribution in [2.45, 2.75) is 30.7 Å². The van der Waals surface area contributed by atoms with Gasteiger partial charge >= 0.3 is 5.97 Å². The molecule has 0 saturated carbocycles. The number of carbonyl (C=O) groups excluding carboxylic acids is 1. The van der Waals surface area contributed by atoms with Gasteiger partial charge in [0.05, 0.1) is 6.54 Å². The van der Waals surface area contributed by atoms with Crippen LogP contribution in [-0.2, 0) is 19.6 Å². The molecule has 1 aromatic heterocycles. The van der Waals surface area contributed by atoms with E-state index in [1.165, 1.54) is 38.5 Å². The van der Waals surface area contributed by atoms with E-state index >= 15 is 0 Å². The summed E-state index contributed by atoms with van der Waals surface area (Å²) in [6, 6.07) is 2.84. The Morgan fingerprint density at radius 3 is 2.55 bits per heavy atom. The van der Waals surface area contributed by atoms with Gasteiger partial charge in [0, 0.05) is 19.4 Å². The van der Waals surface area contributed by atoms with E-state index in [4.69, 9.17) is 5.11 Å². The lowest BCUT2D eigenvalue weighted by atomic mass is 9.99. The average Bonchev–Trinajstić information content (AvgIpc) is 2.47. The fraction of sp³-hybridized carbons (Fsp3) is 0.462. The summed E-state index contributed by atoms with van der Waals surface area (Å²) in [6.45, 7) is 2.49. The van der Waals surface area contributed by atoms with Crippen molar-refractivity contribution in [1.29, 1.82) is 0 Å². The van der Waals surface area contributed by atoms with Crippen molar-refractivity contribution in [2.24, 2.45) is 0 Å². The molecule has 0 aromatic carbocycles. The third-order valence-electron chi connectivity index (χ3n) is 3.30. The summed E-state index contributed by atoms with van der Waals surface area (Å²) in [5, 5.41) is 11.4. The summed E-state index contributed by atoms with van der Waals surface area (Å²) < 4.78 is 25.3. The smallest absolute Gasteiger partial charge is 0.329 e. The van der Waals surface area contributed by atoms with E-state index in [1.54, 1.807) is 6.92 Å². The minimum atomic E-state index is -3.85. The first-order valence-electron chi connectivity index (χ1n) is 6.54. The molecule has 0 fully saturated rings.